The van der Waals surface area contributed by atoms with Crippen LogP contribution in [0.25, 0.3) is 10.1 Å². The first-order valence-corrected chi connectivity index (χ1v) is 6.12. The van der Waals surface area contributed by atoms with Gasteiger partial charge >= 0.3 is 0 Å². The Morgan fingerprint density at radius 2 is 2.29 bits per heavy atom. The number of carbonyl (C=O) groups is 1. The first kappa shape index (κ1) is 10.1. The van der Waals surface area contributed by atoms with E-state index in [9.17, 15) is 4.79 Å². The number of carbonyl (C=O) groups excluding carboxylic acids is 1. The van der Waals surface area contributed by atoms with Crippen molar-refractivity contribution < 1.29 is 4.79 Å². The van der Waals surface area contributed by atoms with Crippen molar-refractivity contribution in [2.24, 2.45) is 0 Å². The van der Waals surface area contributed by atoms with Gasteiger partial charge < -0.3 is 0 Å². The Morgan fingerprint density at radius 1 is 1.50 bits per heavy atom. The van der Waals surface area contributed by atoms with Crippen molar-refractivity contribution in [3.8, 4) is 0 Å². The molecule has 0 aliphatic carbocycles. The molecule has 0 bridgehead atoms. The van der Waals surface area contributed by atoms with Crippen molar-refractivity contribution in [3.05, 3.63) is 33.1 Å². The number of aldehydes is 1. The van der Waals surface area contributed by atoms with E-state index < -0.39 is 0 Å². The maximum Gasteiger partial charge on any atom is 0.160 e. The molecule has 1 heterocycles. The number of fused-ring (bicyclic) bond motifs is 1. The number of alkyl halides is 1. The quantitative estimate of drug-likeness (QED) is 0.598. The Hall–Kier alpha value is -0.380. The fraction of sp³-hybridized carbons (Fsp3) is 0.100. The predicted octanol–water partition coefficient (Wildman–Crippen LogP) is 4.22. The predicted molar refractivity (Wildman–Crippen MR) is 64.5 cm³/mol. The van der Waals surface area contributed by atoms with E-state index in [0.717, 1.165) is 31.3 Å². The van der Waals surface area contributed by atoms with Crippen LogP contribution in [-0.2, 0) is 5.88 Å². The molecule has 0 amide bonds. The molecule has 0 radical (unpaired) electrons. The highest BCUT2D eigenvalue weighted by atomic mass is 79.9. The van der Waals surface area contributed by atoms with Gasteiger partial charge in [0.05, 0.1) is 4.88 Å². The van der Waals surface area contributed by atoms with E-state index in [0.29, 0.717) is 5.88 Å². The molecule has 1 aromatic carbocycles. The Morgan fingerprint density at radius 3 is 2.93 bits per heavy atom. The van der Waals surface area contributed by atoms with Crippen LogP contribution in [0.2, 0.25) is 0 Å². The minimum atomic E-state index is 0.471. The van der Waals surface area contributed by atoms with Gasteiger partial charge in [0.2, 0.25) is 0 Å². The topological polar surface area (TPSA) is 17.1 Å². The summed E-state index contributed by atoms with van der Waals surface area (Å²) in [6.45, 7) is 0. The lowest BCUT2D eigenvalue weighted by atomic mass is 10.1. The third-order valence-corrected chi connectivity index (χ3v) is 4.31. The van der Waals surface area contributed by atoms with E-state index in [4.69, 9.17) is 11.6 Å². The lowest BCUT2D eigenvalue weighted by Crippen LogP contribution is -1.78. The zero-order valence-corrected chi connectivity index (χ0v) is 10.2. The van der Waals surface area contributed by atoms with Crippen LogP contribution in [0.5, 0.6) is 0 Å². The Kier molecular flexibility index (Phi) is 2.91. The molecule has 0 spiro atoms. The second-order valence-electron chi connectivity index (χ2n) is 2.85. The first-order chi connectivity index (χ1) is 6.76. The molecule has 0 unspecified atom stereocenters. The molecular formula is C10H6BrClOS. The van der Waals surface area contributed by atoms with Crippen LogP contribution in [-0.4, -0.2) is 6.29 Å². The van der Waals surface area contributed by atoms with E-state index in [1.165, 1.54) is 11.3 Å². The van der Waals surface area contributed by atoms with Crippen molar-refractivity contribution in [1.82, 2.24) is 0 Å². The molecule has 0 saturated heterocycles. The lowest BCUT2D eigenvalue weighted by Gasteiger charge is -1.99. The van der Waals surface area contributed by atoms with Gasteiger partial charge in [0.1, 0.15) is 0 Å². The lowest BCUT2D eigenvalue weighted by molar-refractivity contribution is 0.112. The number of hydrogen-bond acceptors (Lipinski definition) is 2. The summed E-state index contributed by atoms with van der Waals surface area (Å²) >= 11 is 10.7. The summed E-state index contributed by atoms with van der Waals surface area (Å²) in [4.78, 5) is 11.4. The van der Waals surface area contributed by atoms with Crippen LogP contribution in [0.3, 0.4) is 0 Å². The standard InChI is InChI=1S/C10H6BrClOS/c11-9-2-1-6(4-12)8-3-7(5-13)14-10(8)9/h1-3,5H,4H2. The van der Waals surface area contributed by atoms with Crippen LogP contribution in [0.1, 0.15) is 15.2 Å². The molecule has 0 aliphatic rings. The molecule has 72 valence electrons. The van der Waals surface area contributed by atoms with Crippen LogP contribution >= 0.6 is 38.9 Å². The third kappa shape index (κ3) is 1.60. The molecule has 14 heavy (non-hydrogen) atoms. The molecule has 4 heteroatoms. The van der Waals surface area contributed by atoms with Crippen LogP contribution in [0, 0.1) is 0 Å². The van der Waals surface area contributed by atoms with Gasteiger partial charge in [-0.2, -0.15) is 0 Å². The van der Waals surface area contributed by atoms with Gasteiger partial charge in [0.25, 0.3) is 0 Å². The normalized spacial score (nSPS) is 10.7. The van der Waals surface area contributed by atoms with Crippen molar-refractivity contribution in [2.75, 3.05) is 0 Å². The van der Waals surface area contributed by atoms with E-state index in [2.05, 4.69) is 15.9 Å². The Bertz CT molecular complexity index is 492. The maximum absolute atomic E-state index is 10.6. The molecule has 2 aromatic rings. The first-order valence-electron chi connectivity index (χ1n) is 3.98. The zero-order valence-electron chi connectivity index (χ0n) is 7.09. The maximum atomic E-state index is 10.6. The van der Waals surface area contributed by atoms with E-state index >= 15 is 0 Å². The van der Waals surface area contributed by atoms with Crippen molar-refractivity contribution in [1.29, 1.82) is 0 Å². The Balaban J connectivity index is 2.81. The summed E-state index contributed by atoms with van der Waals surface area (Å²) in [6.07, 6.45) is 0.870. The smallest absolute Gasteiger partial charge is 0.160 e. The SMILES string of the molecule is O=Cc1cc2c(CCl)ccc(Br)c2s1. The second kappa shape index (κ2) is 4.01. The summed E-state index contributed by atoms with van der Waals surface area (Å²) < 4.78 is 2.10. The van der Waals surface area contributed by atoms with Gasteiger partial charge in [-0.1, -0.05) is 6.07 Å². The highest BCUT2D eigenvalue weighted by molar-refractivity contribution is 9.10. The van der Waals surface area contributed by atoms with Gasteiger partial charge in [-0.25, -0.2) is 0 Å². The summed E-state index contributed by atoms with van der Waals surface area (Å²) in [7, 11) is 0. The molecule has 0 fully saturated rings. The third-order valence-electron chi connectivity index (χ3n) is 2.00. The van der Waals surface area contributed by atoms with Crippen molar-refractivity contribution in [3.63, 3.8) is 0 Å². The number of rotatable bonds is 2. The minimum absolute atomic E-state index is 0.471. The second-order valence-corrected chi connectivity index (χ2v) is 5.05. The Labute approximate surface area is 98.8 Å². The van der Waals surface area contributed by atoms with Gasteiger partial charge in [0, 0.05) is 15.1 Å². The number of benzene rings is 1. The minimum Gasteiger partial charge on any atom is -0.297 e. The molecule has 1 nitrogen and oxygen atoms in total. The molecule has 1 aromatic heterocycles. The molecule has 0 saturated carbocycles. The van der Waals surface area contributed by atoms with Crippen LogP contribution < -0.4 is 0 Å². The summed E-state index contributed by atoms with van der Waals surface area (Å²) in [6, 6.07) is 5.82. The highest BCUT2D eigenvalue weighted by Crippen LogP contribution is 2.34. The van der Waals surface area contributed by atoms with Crippen LogP contribution in [0.15, 0.2) is 22.7 Å². The molecular weight excluding hydrogens is 284 g/mol. The summed E-state index contributed by atoms with van der Waals surface area (Å²) in [5, 5.41) is 1.07. The highest BCUT2D eigenvalue weighted by Gasteiger charge is 2.08. The van der Waals surface area contributed by atoms with Gasteiger partial charge in [0.15, 0.2) is 6.29 Å². The van der Waals surface area contributed by atoms with Gasteiger partial charge in [-0.3, -0.25) is 4.79 Å². The number of thiophene rings is 1. The average Bonchev–Trinajstić information content (AvgIpc) is 2.63. The molecule has 2 rings (SSSR count). The average molecular weight is 290 g/mol. The van der Waals surface area contributed by atoms with Crippen molar-refractivity contribution >= 4 is 55.2 Å². The monoisotopic (exact) mass is 288 g/mol. The molecule has 0 atom stereocenters. The van der Waals surface area contributed by atoms with Gasteiger partial charge in [-0.05, 0) is 39.0 Å². The van der Waals surface area contributed by atoms with E-state index in [1.54, 1.807) is 0 Å². The zero-order chi connectivity index (χ0) is 10.1. The van der Waals surface area contributed by atoms with E-state index in [-0.39, 0.29) is 0 Å². The molecule has 0 aliphatic heterocycles. The van der Waals surface area contributed by atoms with Crippen LogP contribution in [0.4, 0.5) is 0 Å². The van der Waals surface area contributed by atoms with Gasteiger partial charge in [-0.15, -0.1) is 22.9 Å². The van der Waals surface area contributed by atoms with E-state index in [1.807, 2.05) is 18.2 Å². The number of hydrogen-bond donors (Lipinski definition) is 0. The fourth-order valence-corrected chi connectivity index (χ4v) is 3.09. The summed E-state index contributed by atoms with van der Waals surface area (Å²) in [5.41, 5.74) is 1.06. The summed E-state index contributed by atoms with van der Waals surface area (Å²) in [5.74, 6) is 0.471. The van der Waals surface area contributed by atoms with Crippen molar-refractivity contribution in [2.45, 2.75) is 5.88 Å². The largest absolute Gasteiger partial charge is 0.297 e. The molecule has 0 N–H and O–H groups in total. The number of halogens is 2. The fourth-order valence-electron chi connectivity index (χ4n) is 1.34.